The van der Waals surface area contributed by atoms with E-state index >= 15 is 0 Å². The molecule has 0 amide bonds. The minimum atomic E-state index is -0.814. The number of aromatic nitrogens is 4. The lowest BCUT2D eigenvalue weighted by molar-refractivity contribution is 0.476. The summed E-state index contributed by atoms with van der Waals surface area (Å²) in [4.78, 5) is 42.4. The Balaban J connectivity index is 1.72. The second-order valence-corrected chi connectivity index (χ2v) is 7.99. The first-order chi connectivity index (χ1) is 13.7. The second-order valence-electron chi connectivity index (χ2n) is 6.18. The Labute approximate surface area is 176 Å². The van der Waals surface area contributed by atoms with Crippen molar-refractivity contribution in [3.8, 4) is 16.6 Å². The van der Waals surface area contributed by atoms with Crippen LogP contribution in [0.15, 0.2) is 44.7 Å². The first-order valence-corrected chi connectivity index (χ1v) is 9.78. The molecule has 0 saturated heterocycles. The molecule has 29 heavy (non-hydrogen) atoms. The molecule has 148 valence electrons. The van der Waals surface area contributed by atoms with Gasteiger partial charge in [0.15, 0.2) is 0 Å². The van der Waals surface area contributed by atoms with Gasteiger partial charge in [0, 0.05) is 7.05 Å². The summed E-state index contributed by atoms with van der Waals surface area (Å²) in [5.74, 6) is 0.499. The Hall–Kier alpha value is -2.88. The maximum Gasteiger partial charge on any atom is 0.340 e. The van der Waals surface area contributed by atoms with E-state index in [9.17, 15) is 14.4 Å². The van der Waals surface area contributed by atoms with Gasteiger partial charge in [0.2, 0.25) is 0 Å². The average Bonchev–Trinajstić information content (AvgIpc) is 3.03. The van der Waals surface area contributed by atoms with Crippen molar-refractivity contribution in [1.29, 1.82) is 0 Å². The van der Waals surface area contributed by atoms with Crippen LogP contribution in [0.5, 0.6) is 10.9 Å². The zero-order chi connectivity index (χ0) is 20.9. The van der Waals surface area contributed by atoms with Crippen LogP contribution < -0.4 is 21.8 Å². The third-order valence-electron chi connectivity index (χ3n) is 4.22. The Bertz CT molecular complexity index is 1410. The number of H-pyrrole nitrogens is 1. The van der Waals surface area contributed by atoms with Gasteiger partial charge < -0.3 is 4.74 Å². The largest absolute Gasteiger partial charge is 0.431 e. The molecular weight excluding hydrogens is 439 g/mol. The van der Waals surface area contributed by atoms with Gasteiger partial charge in [-0.15, -0.1) is 0 Å². The molecule has 0 atom stereocenters. The van der Waals surface area contributed by atoms with Crippen LogP contribution in [-0.4, -0.2) is 19.1 Å². The van der Waals surface area contributed by atoms with E-state index in [0.717, 1.165) is 13.8 Å². The molecule has 2 aromatic carbocycles. The van der Waals surface area contributed by atoms with Crippen LogP contribution >= 0.6 is 34.5 Å². The van der Waals surface area contributed by atoms with Crippen LogP contribution in [0, 0.1) is 6.92 Å². The van der Waals surface area contributed by atoms with Gasteiger partial charge in [-0.1, -0.05) is 34.5 Å². The van der Waals surface area contributed by atoms with Gasteiger partial charge in [-0.05, 0) is 42.8 Å². The van der Waals surface area contributed by atoms with E-state index in [-0.39, 0.29) is 0 Å². The van der Waals surface area contributed by atoms with Gasteiger partial charge in [-0.25, -0.2) is 28.5 Å². The number of hydrogen-bond acceptors (Lipinski definition) is 6. The Morgan fingerprint density at radius 3 is 2.52 bits per heavy atom. The van der Waals surface area contributed by atoms with Crippen LogP contribution in [0.2, 0.25) is 10.0 Å². The summed E-state index contributed by atoms with van der Waals surface area (Å²) in [6, 6.07) is 8.16. The van der Waals surface area contributed by atoms with Gasteiger partial charge in [0.25, 0.3) is 5.19 Å². The highest BCUT2D eigenvalue weighted by atomic mass is 35.5. The SMILES string of the molecule is Cc1cc(-n2c(=O)[nH]c(=O)n(C)c2=O)ccc1Oc1nc2cc(Cl)c(Cl)cc2s1. The van der Waals surface area contributed by atoms with Crippen molar-refractivity contribution in [2.75, 3.05) is 0 Å². The molecule has 4 rings (SSSR count). The Kier molecular flexibility index (Phi) is 4.81. The predicted molar refractivity (Wildman–Crippen MR) is 112 cm³/mol. The number of aromatic amines is 1. The lowest BCUT2D eigenvalue weighted by Gasteiger charge is -2.10. The molecule has 8 nitrogen and oxygen atoms in total. The molecule has 0 aliphatic rings. The molecule has 2 aromatic heterocycles. The number of aryl methyl sites for hydroxylation is 1. The number of fused-ring (bicyclic) bond motifs is 1. The minimum absolute atomic E-state index is 0.305. The number of thiazole rings is 1. The molecule has 0 radical (unpaired) electrons. The van der Waals surface area contributed by atoms with Gasteiger partial charge in [0.05, 0.1) is 25.9 Å². The highest BCUT2D eigenvalue weighted by Crippen LogP contribution is 2.36. The van der Waals surface area contributed by atoms with E-state index in [4.69, 9.17) is 27.9 Å². The third-order valence-corrected chi connectivity index (χ3v) is 5.84. The zero-order valence-corrected chi connectivity index (χ0v) is 17.4. The van der Waals surface area contributed by atoms with E-state index in [1.807, 2.05) is 0 Å². The number of nitrogens with zero attached hydrogens (tertiary/aromatic N) is 3. The average molecular weight is 451 g/mol. The topological polar surface area (TPSA) is 99.0 Å². The Morgan fingerprint density at radius 2 is 1.79 bits per heavy atom. The molecule has 1 N–H and O–H groups in total. The van der Waals surface area contributed by atoms with Gasteiger partial charge >= 0.3 is 17.1 Å². The van der Waals surface area contributed by atoms with E-state index in [0.29, 0.717) is 37.8 Å². The number of benzene rings is 2. The van der Waals surface area contributed by atoms with E-state index < -0.39 is 17.1 Å². The number of rotatable bonds is 3. The van der Waals surface area contributed by atoms with Crippen molar-refractivity contribution >= 4 is 44.8 Å². The fraction of sp³-hybridized carbons (Fsp3) is 0.111. The summed E-state index contributed by atoms with van der Waals surface area (Å²) in [6.07, 6.45) is 0. The van der Waals surface area contributed by atoms with Crippen molar-refractivity contribution in [2.45, 2.75) is 6.92 Å². The van der Waals surface area contributed by atoms with Crippen LogP contribution in [-0.2, 0) is 7.05 Å². The van der Waals surface area contributed by atoms with Gasteiger partial charge in [-0.3, -0.25) is 4.98 Å². The van der Waals surface area contributed by atoms with E-state index in [1.54, 1.807) is 37.3 Å². The molecule has 0 aliphatic heterocycles. The summed E-state index contributed by atoms with van der Waals surface area (Å²) in [7, 11) is 1.28. The van der Waals surface area contributed by atoms with Crippen molar-refractivity contribution in [3.63, 3.8) is 0 Å². The molecular formula is C18H12Cl2N4O4S. The van der Waals surface area contributed by atoms with Gasteiger partial charge in [0.1, 0.15) is 5.75 Å². The standard InChI is InChI=1S/C18H12Cl2N4O4S/c1-8-5-9(24-16(26)22-15(25)23(2)18(24)27)3-4-13(8)28-17-21-12-6-10(19)11(20)7-14(12)29-17/h3-7H,1-2H3,(H,22,25,26). The number of ether oxygens (including phenoxy) is 1. The van der Waals surface area contributed by atoms with Crippen molar-refractivity contribution in [2.24, 2.45) is 7.05 Å². The number of nitrogens with one attached hydrogen (secondary N) is 1. The molecule has 0 spiro atoms. The van der Waals surface area contributed by atoms with Crippen LogP contribution in [0.3, 0.4) is 0 Å². The molecule has 0 bridgehead atoms. The fourth-order valence-corrected chi connectivity index (χ4v) is 3.95. The minimum Gasteiger partial charge on any atom is -0.431 e. The predicted octanol–water partition coefficient (Wildman–Crippen LogP) is 3.24. The van der Waals surface area contributed by atoms with Gasteiger partial charge in [-0.2, -0.15) is 0 Å². The third kappa shape index (κ3) is 3.48. The molecule has 0 aliphatic carbocycles. The molecule has 4 aromatic rings. The van der Waals surface area contributed by atoms with Crippen LogP contribution in [0.25, 0.3) is 15.9 Å². The lowest BCUT2D eigenvalue weighted by Crippen LogP contribution is -2.47. The monoisotopic (exact) mass is 450 g/mol. The first-order valence-electron chi connectivity index (χ1n) is 8.21. The molecule has 0 fully saturated rings. The molecule has 0 saturated carbocycles. The number of hydrogen-bond donors (Lipinski definition) is 1. The summed E-state index contributed by atoms with van der Waals surface area (Å²) in [5.41, 5.74) is -0.698. The summed E-state index contributed by atoms with van der Waals surface area (Å²) in [5, 5.41) is 1.23. The van der Waals surface area contributed by atoms with Crippen molar-refractivity contribution < 1.29 is 4.74 Å². The lowest BCUT2D eigenvalue weighted by atomic mass is 10.2. The number of halogens is 2. The normalized spacial score (nSPS) is 11.2. The molecule has 11 heteroatoms. The maximum atomic E-state index is 12.3. The van der Waals surface area contributed by atoms with Crippen molar-refractivity contribution in [1.82, 2.24) is 19.1 Å². The second kappa shape index (κ2) is 7.18. The zero-order valence-electron chi connectivity index (χ0n) is 15.0. The molecule has 0 unspecified atom stereocenters. The van der Waals surface area contributed by atoms with Crippen LogP contribution in [0.4, 0.5) is 0 Å². The summed E-state index contributed by atoms with van der Waals surface area (Å²) >= 11 is 13.4. The smallest absolute Gasteiger partial charge is 0.340 e. The molecule has 2 heterocycles. The van der Waals surface area contributed by atoms with Crippen LogP contribution in [0.1, 0.15) is 5.56 Å². The highest BCUT2D eigenvalue weighted by Gasteiger charge is 2.13. The fourth-order valence-electron chi connectivity index (χ4n) is 2.71. The van der Waals surface area contributed by atoms with E-state index in [1.165, 1.54) is 18.4 Å². The summed E-state index contributed by atoms with van der Waals surface area (Å²) in [6.45, 7) is 1.76. The van der Waals surface area contributed by atoms with Crippen molar-refractivity contribution in [3.05, 3.63) is 77.4 Å². The first kappa shape index (κ1) is 19.4. The quantitative estimate of drug-likeness (QED) is 0.516. The highest BCUT2D eigenvalue weighted by molar-refractivity contribution is 7.20. The van der Waals surface area contributed by atoms with E-state index in [2.05, 4.69) is 9.97 Å². The Morgan fingerprint density at radius 1 is 1.07 bits per heavy atom. The maximum absolute atomic E-state index is 12.3. The summed E-state index contributed by atoms with van der Waals surface area (Å²) < 4.78 is 8.38.